The highest BCUT2D eigenvalue weighted by Gasteiger charge is 2.18. The molecule has 0 aliphatic heterocycles. The molecule has 0 amide bonds. The molecule has 0 saturated heterocycles. The van der Waals surface area contributed by atoms with E-state index in [-0.39, 0.29) is 12.3 Å². The van der Waals surface area contributed by atoms with Gasteiger partial charge in [0, 0.05) is 43.9 Å². The molecule has 0 atom stereocenters. The third-order valence-corrected chi connectivity index (χ3v) is 5.42. The van der Waals surface area contributed by atoms with E-state index < -0.39 is 0 Å². The number of nitrogens with one attached hydrogen (secondary N) is 1. The summed E-state index contributed by atoms with van der Waals surface area (Å²) in [6, 6.07) is 11.7. The van der Waals surface area contributed by atoms with E-state index in [9.17, 15) is 4.79 Å². The Bertz CT molecular complexity index is 1460. The SMILES string of the molecule is Cn1nccc1-n1c(=O)n(C)c2cnc3ccc(-c4ccc(NCCO)nc4)cc3c21. The number of hydrogen-bond donors (Lipinski definition) is 2. The van der Waals surface area contributed by atoms with Gasteiger partial charge in [0.15, 0.2) is 0 Å². The summed E-state index contributed by atoms with van der Waals surface area (Å²) in [6.07, 6.45) is 5.19. The summed E-state index contributed by atoms with van der Waals surface area (Å²) < 4.78 is 4.96. The van der Waals surface area contributed by atoms with E-state index in [1.54, 1.807) is 39.5 Å². The number of aryl methyl sites for hydroxylation is 2. The van der Waals surface area contributed by atoms with Crippen molar-refractivity contribution in [1.82, 2.24) is 28.9 Å². The summed E-state index contributed by atoms with van der Waals surface area (Å²) in [5, 5.41) is 17.1. The van der Waals surface area contributed by atoms with E-state index in [0.29, 0.717) is 18.2 Å². The lowest BCUT2D eigenvalue weighted by molar-refractivity contribution is 0.311. The largest absolute Gasteiger partial charge is 0.395 e. The molecule has 9 nitrogen and oxygen atoms in total. The van der Waals surface area contributed by atoms with Crippen LogP contribution in [0.1, 0.15) is 0 Å². The van der Waals surface area contributed by atoms with Gasteiger partial charge in [0.05, 0.1) is 35.6 Å². The zero-order valence-corrected chi connectivity index (χ0v) is 17.1. The number of aliphatic hydroxyl groups is 1. The minimum atomic E-state index is -0.153. The van der Waals surface area contributed by atoms with Crippen molar-refractivity contribution in [2.24, 2.45) is 14.1 Å². The molecule has 31 heavy (non-hydrogen) atoms. The van der Waals surface area contributed by atoms with E-state index in [4.69, 9.17) is 5.11 Å². The van der Waals surface area contributed by atoms with Gasteiger partial charge in [-0.1, -0.05) is 6.07 Å². The molecular weight excluding hydrogens is 394 g/mol. The fourth-order valence-electron chi connectivity index (χ4n) is 3.83. The first-order valence-corrected chi connectivity index (χ1v) is 9.88. The fourth-order valence-corrected chi connectivity index (χ4v) is 3.83. The first kappa shape index (κ1) is 19.0. The van der Waals surface area contributed by atoms with Crippen molar-refractivity contribution >= 4 is 27.8 Å². The van der Waals surface area contributed by atoms with Crippen LogP contribution >= 0.6 is 0 Å². The predicted molar refractivity (Wildman–Crippen MR) is 119 cm³/mol. The summed E-state index contributed by atoms with van der Waals surface area (Å²) in [5.41, 5.74) is 4.09. The average Bonchev–Trinajstić information content (AvgIpc) is 3.32. The smallest absolute Gasteiger partial charge is 0.334 e. The lowest BCUT2D eigenvalue weighted by Crippen LogP contribution is -2.22. The molecule has 0 radical (unpaired) electrons. The minimum absolute atomic E-state index is 0.0482. The van der Waals surface area contributed by atoms with Crippen molar-refractivity contribution in [1.29, 1.82) is 0 Å². The van der Waals surface area contributed by atoms with Gasteiger partial charge in [0.25, 0.3) is 0 Å². The van der Waals surface area contributed by atoms with Crippen LogP contribution in [0.4, 0.5) is 5.82 Å². The third kappa shape index (κ3) is 3.06. The molecule has 5 aromatic rings. The maximum Gasteiger partial charge on any atom is 0.334 e. The number of aromatic nitrogens is 6. The maximum absolute atomic E-state index is 13.1. The second-order valence-electron chi connectivity index (χ2n) is 7.30. The molecule has 9 heteroatoms. The molecule has 0 aliphatic carbocycles. The van der Waals surface area contributed by atoms with E-state index in [0.717, 1.165) is 33.1 Å². The fraction of sp³-hybridized carbons (Fsp3) is 0.182. The Morgan fingerprint density at radius 3 is 2.58 bits per heavy atom. The van der Waals surface area contributed by atoms with Crippen molar-refractivity contribution < 1.29 is 5.11 Å². The molecule has 0 saturated carbocycles. The van der Waals surface area contributed by atoms with E-state index in [1.165, 1.54) is 0 Å². The second kappa shape index (κ2) is 7.37. The number of imidazole rings is 1. The van der Waals surface area contributed by atoms with Crippen LogP contribution in [0.15, 0.2) is 59.8 Å². The Morgan fingerprint density at radius 2 is 1.87 bits per heavy atom. The van der Waals surface area contributed by atoms with E-state index in [1.807, 2.05) is 43.4 Å². The highest BCUT2D eigenvalue weighted by atomic mass is 16.3. The van der Waals surface area contributed by atoms with Crippen LogP contribution in [0.3, 0.4) is 0 Å². The number of rotatable bonds is 5. The van der Waals surface area contributed by atoms with Crippen LogP contribution in [0.25, 0.3) is 38.9 Å². The standard InChI is InChI=1S/C22H21N7O2/c1-27-18-13-24-17-5-3-14(15-4-6-19(25-12-15)23-9-10-30)11-16(17)21(18)29(22(27)31)20-7-8-26-28(20)2/h3-8,11-13,30H,9-10H2,1-2H3,(H,23,25). The quantitative estimate of drug-likeness (QED) is 0.456. The van der Waals surface area contributed by atoms with Gasteiger partial charge in [-0.3, -0.25) is 14.2 Å². The van der Waals surface area contributed by atoms with Gasteiger partial charge in [-0.2, -0.15) is 5.10 Å². The normalized spacial score (nSPS) is 11.5. The van der Waals surface area contributed by atoms with Crippen LogP contribution in [0.2, 0.25) is 0 Å². The predicted octanol–water partition coefficient (Wildman–Crippen LogP) is 2.08. The number of aliphatic hydroxyl groups excluding tert-OH is 1. The van der Waals surface area contributed by atoms with Gasteiger partial charge in [0.1, 0.15) is 11.6 Å². The molecule has 0 unspecified atom stereocenters. The van der Waals surface area contributed by atoms with Crippen LogP contribution in [0, 0.1) is 0 Å². The van der Waals surface area contributed by atoms with E-state index >= 15 is 0 Å². The molecule has 0 aliphatic rings. The summed E-state index contributed by atoms with van der Waals surface area (Å²) in [7, 11) is 3.56. The highest BCUT2D eigenvalue weighted by Crippen LogP contribution is 2.29. The van der Waals surface area contributed by atoms with Crippen molar-refractivity contribution in [3.8, 4) is 16.9 Å². The van der Waals surface area contributed by atoms with Crippen LogP contribution in [-0.4, -0.2) is 47.1 Å². The number of fused-ring (bicyclic) bond motifs is 3. The Hall–Kier alpha value is -3.98. The van der Waals surface area contributed by atoms with Gasteiger partial charge in [-0.25, -0.2) is 14.3 Å². The summed E-state index contributed by atoms with van der Waals surface area (Å²) in [5.74, 6) is 1.39. The zero-order chi connectivity index (χ0) is 21.5. The highest BCUT2D eigenvalue weighted by molar-refractivity contribution is 6.04. The van der Waals surface area contributed by atoms with Crippen LogP contribution < -0.4 is 11.0 Å². The summed E-state index contributed by atoms with van der Waals surface area (Å²) in [6.45, 7) is 0.498. The Morgan fingerprint density at radius 1 is 1.03 bits per heavy atom. The number of hydrogen-bond acceptors (Lipinski definition) is 6. The molecule has 4 aromatic heterocycles. The zero-order valence-electron chi connectivity index (χ0n) is 17.1. The van der Waals surface area contributed by atoms with Gasteiger partial charge in [-0.15, -0.1) is 0 Å². The summed E-state index contributed by atoms with van der Waals surface area (Å²) in [4.78, 5) is 22.1. The van der Waals surface area contributed by atoms with Gasteiger partial charge in [0.2, 0.25) is 0 Å². The molecule has 0 fully saturated rings. The van der Waals surface area contributed by atoms with Gasteiger partial charge >= 0.3 is 5.69 Å². The first-order chi connectivity index (χ1) is 15.1. The Labute approximate surface area is 177 Å². The first-order valence-electron chi connectivity index (χ1n) is 9.88. The Balaban J connectivity index is 1.73. The average molecular weight is 415 g/mol. The number of anilines is 1. The molecular formula is C22H21N7O2. The lowest BCUT2D eigenvalue weighted by Gasteiger charge is -2.09. The number of benzene rings is 1. The van der Waals surface area contributed by atoms with Crippen molar-refractivity contribution in [3.63, 3.8) is 0 Å². The number of nitrogens with zero attached hydrogens (tertiary/aromatic N) is 6. The van der Waals surface area contributed by atoms with Crippen LogP contribution in [0.5, 0.6) is 0 Å². The van der Waals surface area contributed by atoms with Crippen LogP contribution in [-0.2, 0) is 14.1 Å². The molecule has 5 rings (SSSR count). The monoisotopic (exact) mass is 415 g/mol. The molecule has 4 heterocycles. The summed E-state index contributed by atoms with van der Waals surface area (Å²) >= 11 is 0. The Kier molecular flexibility index (Phi) is 4.52. The van der Waals surface area contributed by atoms with Gasteiger partial charge in [-0.05, 0) is 29.8 Å². The third-order valence-electron chi connectivity index (χ3n) is 5.42. The second-order valence-corrected chi connectivity index (χ2v) is 7.30. The molecule has 0 spiro atoms. The van der Waals surface area contributed by atoms with Crippen molar-refractivity contribution in [2.45, 2.75) is 0 Å². The molecule has 2 N–H and O–H groups in total. The number of pyridine rings is 2. The topological polar surface area (TPSA) is 103 Å². The molecule has 0 bridgehead atoms. The minimum Gasteiger partial charge on any atom is -0.395 e. The lowest BCUT2D eigenvalue weighted by atomic mass is 10.0. The van der Waals surface area contributed by atoms with Gasteiger partial charge < -0.3 is 10.4 Å². The maximum atomic E-state index is 13.1. The van der Waals surface area contributed by atoms with Crippen molar-refractivity contribution in [2.75, 3.05) is 18.5 Å². The molecule has 156 valence electrons. The molecule has 1 aromatic carbocycles. The van der Waals surface area contributed by atoms with Crippen molar-refractivity contribution in [3.05, 3.63) is 65.5 Å². The van der Waals surface area contributed by atoms with E-state index in [2.05, 4.69) is 20.4 Å².